The van der Waals surface area contributed by atoms with E-state index in [9.17, 15) is 9.90 Å². The summed E-state index contributed by atoms with van der Waals surface area (Å²) in [5.41, 5.74) is 1.23. The van der Waals surface area contributed by atoms with Crippen LogP contribution in [0.3, 0.4) is 0 Å². The van der Waals surface area contributed by atoms with E-state index in [1.165, 1.54) is 10.2 Å². The minimum atomic E-state index is -0.942. The topological polar surface area (TPSA) is 90.1 Å². The first-order chi connectivity index (χ1) is 10.7. The molecule has 0 aliphatic carbocycles. The number of carboxylic acid groups (broad SMARTS) is 1. The highest BCUT2D eigenvalue weighted by Crippen LogP contribution is 2.17. The first-order valence-corrected chi connectivity index (χ1v) is 7.37. The van der Waals surface area contributed by atoms with E-state index in [-0.39, 0.29) is 6.61 Å². The highest BCUT2D eigenvalue weighted by Gasteiger charge is 2.23. The number of aryl methyl sites for hydroxylation is 1. The van der Waals surface area contributed by atoms with Crippen molar-refractivity contribution in [3.63, 3.8) is 0 Å². The maximum Gasteiger partial charge on any atom is 0.328 e. The quantitative estimate of drug-likeness (QED) is 0.804. The summed E-state index contributed by atoms with van der Waals surface area (Å²) in [6.07, 6.45) is 2.17. The Labute approximate surface area is 128 Å². The molecule has 2 aromatic rings. The molecule has 0 saturated heterocycles. The SMILES string of the molecule is CCCC(C(=O)O)n1nnnc1COc1ccc(CC)cc1. The van der Waals surface area contributed by atoms with Crippen molar-refractivity contribution in [3.8, 4) is 5.75 Å². The van der Waals surface area contributed by atoms with Gasteiger partial charge in [-0.05, 0) is 41.0 Å². The Morgan fingerprint density at radius 1 is 1.32 bits per heavy atom. The lowest BCUT2D eigenvalue weighted by Crippen LogP contribution is -2.23. The second-order valence-corrected chi connectivity index (χ2v) is 4.97. The summed E-state index contributed by atoms with van der Waals surface area (Å²) in [6, 6.07) is 6.99. The van der Waals surface area contributed by atoms with Crippen LogP contribution in [0.1, 0.15) is 44.1 Å². The highest BCUT2D eigenvalue weighted by atomic mass is 16.5. The van der Waals surface area contributed by atoms with E-state index in [0.717, 1.165) is 12.8 Å². The Hall–Kier alpha value is -2.44. The van der Waals surface area contributed by atoms with Crippen LogP contribution in [-0.4, -0.2) is 31.3 Å². The minimum absolute atomic E-state index is 0.131. The van der Waals surface area contributed by atoms with Crippen molar-refractivity contribution >= 4 is 5.97 Å². The van der Waals surface area contributed by atoms with Crippen LogP contribution in [-0.2, 0) is 17.8 Å². The minimum Gasteiger partial charge on any atom is -0.486 e. The molecule has 22 heavy (non-hydrogen) atoms. The Bertz CT molecular complexity index is 610. The number of benzene rings is 1. The molecule has 0 spiro atoms. The molecule has 0 amide bonds. The molecule has 2 rings (SSSR count). The molecule has 0 aliphatic rings. The molecule has 7 nitrogen and oxygen atoms in total. The van der Waals surface area contributed by atoms with Gasteiger partial charge in [0.05, 0.1) is 0 Å². The normalized spacial score (nSPS) is 12.1. The van der Waals surface area contributed by atoms with Crippen molar-refractivity contribution in [2.24, 2.45) is 0 Å². The standard InChI is InChI=1S/C15H20N4O3/c1-3-5-13(15(20)21)19-14(16-17-18-19)10-22-12-8-6-11(4-2)7-9-12/h6-9,13H,3-5,10H2,1-2H3,(H,20,21). The lowest BCUT2D eigenvalue weighted by atomic mass is 10.2. The highest BCUT2D eigenvalue weighted by molar-refractivity contribution is 5.71. The summed E-state index contributed by atoms with van der Waals surface area (Å²) in [5.74, 6) is 0.164. The van der Waals surface area contributed by atoms with E-state index in [0.29, 0.717) is 18.0 Å². The smallest absolute Gasteiger partial charge is 0.328 e. The Morgan fingerprint density at radius 2 is 2.05 bits per heavy atom. The van der Waals surface area contributed by atoms with Crippen molar-refractivity contribution in [1.29, 1.82) is 0 Å². The van der Waals surface area contributed by atoms with Gasteiger partial charge in [-0.3, -0.25) is 0 Å². The summed E-state index contributed by atoms with van der Waals surface area (Å²) < 4.78 is 6.97. The Morgan fingerprint density at radius 3 is 2.64 bits per heavy atom. The van der Waals surface area contributed by atoms with Crippen LogP contribution in [0.15, 0.2) is 24.3 Å². The zero-order valence-corrected chi connectivity index (χ0v) is 12.8. The van der Waals surface area contributed by atoms with Crippen LogP contribution < -0.4 is 4.74 Å². The van der Waals surface area contributed by atoms with Crippen LogP contribution >= 0.6 is 0 Å². The largest absolute Gasteiger partial charge is 0.486 e. The number of hydrogen-bond acceptors (Lipinski definition) is 5. The molecule has 1 unspecified atom stereocenters. The fourth-order valence-electron chi connectivity index (χ4n) is 2.14. The molecular weight excluding hydrogens is 284 g/mol. The maximum absolute atomic E-state index is 11.3. The van der Waals surface area contributed by atoms with E-state index in [1.807, 2.05) is 31.2 Å². The molecule has 0 fully saturated rings. The first kappa shape index (κ1) is 15.9. The van der Waals surface area contributed by atoms with Crippen LogP contribution in [0.2, 0.25) is 0 Å². The Balaban J connectivity index is 2.07. The molecule has 1 heterocycles. The second kappa shape index (κ2) is 7.53. The van der Waals surface area contributed by atoms with Gasteiger partial charge in [-0.25, -0.2) is 9.48 Å². The van der Waals surface area contributed by atoms with Crippen molar-refractivity contribution in [2.45, 2.75) is 45.8 Å². The number of tetrazole rings is 1. The summed E-state index contributed by atoms with van der Waals surface area (Å²) in [5, 5.41) is 20.5. The lowest BCUT2D eigenvalue weighted by Gasteiger charge is -2.13. The predicted molar refractivity (Wildman–Crippen MR) is 79.5 cm³/mol. The molecule has 118 valence electrons. The van der Waals surface area contributed by atoms with Crippen molar-refractivity contribution in [2.75, 3.05) is 0 Å². The van der Waals surface area contributed by atoms with Crippen molar-refractivity contribution in [1.82, 2.24) is 20.2 Å². The zero-order valence-electron chi connectivity index (χ0n) is 12.8. The van der Waals surface area contributed by atoms with E-state index in [1.54, 1.807) is 0 Å². The van der Waals surface area contributed by atoms with E-state index < -0.39 is 12.0 Å². The predicted octanol–water partition coefficient (Wildman–Crippen LogP) is 2.24. The van der Waals surface area contributed by atoms with Gasteiger partial charge in [0.15, 0.2) is 11.9 Å². The van der Waals surface area contributed by atoms with Gasteiger partial charge >= 0.3 is 5.97 Å². The average molecular weight is 304 g/mol. The van der Waals surface area contributed by atoms with Gasteiger partial charge in [0, 0.05) is 0 Å². The van der Waals surface area contributed by atoms with Gasteiger partial charge in [-0.1, -0.05) is 32.4 Å². The molecule has 0 saturated carbocycles. The molecule has 0 aliphatic heterocycles. The number of nitrogens with zero attached hydrogens (tertiary/aromatic N) is 4. The van der Waals surface area contributed by atoms with Crippen molar-refractivity contribution < 1.29 is 14.6 Å². The summed E-state index contributed by atoms with van der Waals surface area (Å²) in [7, 11) is 0. The summed E-state index contributed by atoms with van der Waals surface area (Å²) >= 11 is 0. The van der Waals surface area contributed by atoms with E-state index in [2.05, 4.69) is 22.4 Å². The molecule has 0 radical (unpaired) electrons. The van der Waals surface area contributed by atoms with Gasteiger partial charge < -0.3 is 9.84 Å². The number of aliphatic carboxylic acids is 1. The number of ether oxygens (including phenoxy) is 1. The molecule has 1 aromatic heterocycles. The third-order valence-corrected chi connectivity index (χ3v) is 3.40. The van der Waals surface area contributed by atoms with Crippen LogP contribution in [0.5, 0.6) is 5.75 Å². The monoisotopic (exact) mass is 304 g/mol. The van der Waals surface area contributed by atoms with Gasteiger partial charge in [-0.15, -0.1) is 5.10 Å². The molecule has 1 N–H and O–H groups in total. The number of carboxylic acids is 1. The number of hydrogen-bond donors (Lipinski definition) is 1. The zero-order chi connectivity index (χ0) is 15.9. The molecule has 7 heteroatoms. The van der Waals surface area contributed by atoms with Crippen LogP contribution in [0, 0.1) is 0 Å². The summed E-state index contributed by atoms with van der Waals surface area (Å²) in [4.78, 5) is 11.3. The fourth-order valence-corrected chi connectivity index (χ4v) is 2.14. The Kier molecular flexibility index (Phi) is 5.46. The third-order valence-electron chi connectivity index (χ3n) is 3.40. The third kappa shape index (κ3) is 3.81. The van der Waals surface area contributed by atoms with E-state index in [4.69, 9.17) is 4.74 Å². The number of aromatic nitrogens is 4. The average Bonchev–Trinajstić information content (AvgIpc) is 2.98. The molecule has 1 aromatic carbocycles. The van der Waals surface area contributed by atoms with Crippen molar-refractivity contribution in [3.05, 3.63) is 35.7 Å². The first-order valence-electron chi connectivity index (χ1n) is 7.37. The van der Waals surface area contributed by atoms with Gasteiger partial charge in [0.2, 0.25) is 0 Å². The van der Waals surface area contributed by atoms with Gasteiger partial charge in [0.25, 0.3) is 0 Å². The summed E-state index contributed by atoms with van der Waals surface area (Å²) in [6.45, 7) is 4.14. The molecule has 1 atom stereocenters. The lowest BCUT2D eigenvalue weighted by molar-refractivity contribution is -0.141. The van der Waals surface area contributed by atoms with E-state index >= 15 is 0 Å². The number of carbonyl (C=O) groups is 1. The molecule has 0 bridgehead atoms. The second-order valence-electron chi connectivity index (χ2n) is 4.97. The van der Waals surface area contributed by atoms with Crippen LogP contribution in [0.25, 0.3) is 0 Å². The number of rotatable bonds is 8. The maximum atomic E-state index is 11.3. The molecular formula is C15H20N4O3. The fraction of sp³-hybridized carbons (Fsp3) is 0.467. The van der Waals surface area contributed by atoms with Gasteiger partial charge in [-0.2, -0.15) is 0 Å². The van der Waals surface area contributed by atoms with Gasteiger partial charge in [0.1, 0.15) is 12.4 Å². The van der Waals surface area contributed by atoms with Crippen LogP contribution in [0.4, 0.5) is 0 Å².